The third kappa shape index (κ3) is 8.46. The standard InChI is InChI=1S/C23H40N4O2S.HI/c1-19-7-11-26(12-8-19)21(22-6-4-17-30-22)18-25-23(24-2)27-13-9-20(10-14-27)29-16-5-15-28-3;/h4,6,17,19-21H,5,7-16,18H2,1-3H3,(H,24,25);1H. The van der Waals surface area contributed by atoms with Gasteiger partial charge in [-0.15, -0.1) is 35.3 Å². The van der Waals surface area contributed by atoms with E-state index in [2.05, 4.69) is 44.5 Å². The number of guanidine groups is 1. The first-order chi connectivity index (χ1) is 14.7. The van der Waals surface area contributed by atoms with Gasteiger partial charge in [0.1, 0.15) is 0 Å². The molecule has 2 fully saturated rings. The summed E-state index contributed by atoms with van der Waals surface area (Å²) in [5.41, 5.74) is 0. The van der Waals surface area contributed by atoms with Crippen LogP contribution in [0.5, 0.6) is 0 Å². The lowest BCUT2D eigenvalue weighted by atomic mass is 9.97. The van der Waals surface area contributed by atoms with Gasteiger partial charge >= 0.3 is 0 Å². The van der Waals surface area contributed by atoms with Crippen LogP contribution in [0.25, 0.3) is 0 Å². The fourth-order valence-electron chi connectivity index (χ4n) is 4.44. The summed E-state index contributed by atoms with van der Waals surface area (Å²) in [6, 6.07) is 4.88. The number of nitrogens with one attached hydrogen (secondary N) is 1. The Labute approximate surface area is 209 Å². The molecule has 0 bridgehead atoms. The van der Waals surface area contributed by atoms with Crippen LogP contribution in [0, 0.1) is 5.92 Å². The van der Waals surface area contributed by atoms with Crippen LogP contribution in [-0.4, -0.2) is 82.0 Å². The maximum absolute atomic E-state index is 6.01. The number of aliphatic imine (C=N–C) groups is 1. The molecule has 2 aliphatic heterocycles. The van der Waals surface area contributed by atoms with Crippen molar-refractivity contribution in [3.8, 4) is 0 Å². The molecule has 1 N–H and O–H groups in total. The van der Waals surface area contributed by atoms with Crippen molar-refractivity contribution >= 4 is 41.3 Å². The fourth-order valence-corrected chi connectivity index (χ4v) is 5.30. The van der Waals surface area contributed by atoms with Crippen molar-refractivity contribution in [2.45, 2.75) is 51.2 Å². The Bertz CT molecular complexity index is 615. The van der Waals surface area contributed by atoms with Crippen LogP contribution >= 0.6 is 35.3 Å². The van der Waals surface area contributed by atoms with Crippen molar-refractivity contribution in [3.63, 3.8) is 0 Å². The summed E-state index contributed by atoms with van der Waals surface area (Å²) in [7, 11) is 3.64. The molecule has 2 aliphatic rings. The van der Waals surface area contributed by atoms with E-state index in [1.165, 1.54) is 30.8 Å². The molecule has 0 aliphatic carbocycles. The number of nitrogens with zero attached hydrogens (tertiary/aromatic N) is 3. The second kappa shape index (κ2) is 14.7. The number of piperidine rings is 2. The number of hydrogen-bond donors (Lipinski definition) is 1. The van der Waals surface area contributed by atoms with Crippen LogP contribution in [0.4, 0.5) is 0 Å². The molecule has 0 spiro atoms. The summed E-state index contributed by atoms with van der Waals surface area (Å²) in [6.45, 7) is 9.24. The highest BCUT2D eigenvalue weighted by Gasteiger charge is 2.27. The van der Waals surface area contributed by atoms with Crippen LogP contribution in [0.3, 0.4) is 0 Å². The van der Waals surface area contributed by atoms with E-state index in [0.717, 1.165) is 64.0 Å². The van der Waals surface area contributed by atoms with E-state index in [4.69, 9.17) is 9.47 Å². The molecule has 1 aromatic rings. The Morgan fingerprint density at radius 2 is 1.94 bits per heavy atom. The number of likely N-dealkylation sites (tertiary alicyclic amines) is 2. The molecule has 8 heteroatoms. The first-order valence-electron chi connectivity index (χ1n) is 11.5. The molecular weight excluding hydrogens is 523 g/mol. The molecule has 1 unspecified atom stereocenters. The highest BCUT2D eigenvalue weighted by Crippen LogP contribution is 2.29. The summed E-state index contributed by atoms with van der Waals surface area (Å²) in [4.78, 5) is 11.1. The summed E-state index contributed by atoms with van der Waals surface area (Å²) in [6.07, 6.45) is 6.06. The van der Waals surface area contributed by atoms with Crippen molar-refractivity contribution < 1.29 is 9.47 Å². The Morgan fingerprint density at radius 3 is 2.55 bits per heavy atom. The molecule has 0 aromatic carbocycles. The zero-order valence-electron chi connectivity index (χ0n) is 19.4. The lowest BCUT2D eigenvalue weighted by Gasteiger charge is -2.38. The predicted molar refractivity (Wildman–Crippen MR) is 141 cm³/mol. The molecule has 0 amide bonds. The van der Waals surface area contributed by atoms with Crippen LogP contribution in [0.1, 0.15) is 49.9 Å². The SMILES string of the molecule is CN=C(NCC(c1cccs1)N1CCC(C)CC1)N1CCC(OCCCOC)CC1.I. The molecular formula is C23H41IN4O2S. The molecule has 6 nitrogen and oxygen atoms in total. The fraction of sp³-hybridized carbons (Fsp3) is 0.783. The maximum Gasteiger partial charge on any atom is 0.193 e. The first-order valence-corrected chi connectivity index (χ1v) is 12.4. The topological polar surface area (TPSA) is 49.3 Å². The Morgan fingerprint density at radius 1 is 1.19 bits per heavy atom. The average molecular weight is 565 g/mol. The average Bonchev–Trinajstić information content (AvgIpc) is 3.30. The molecule has 178 valence electrons. The van der Waals surface area contributed by atoms with Crippen molar-refractivity contribution in [1.82, 2.24) is 15.1 Å². The molecule has 0 radical (unpaired) electrons. The van der Waals surface area contributed by atoms with Gasteiger partial charge in [0, 0.05) is 51.9 Å². The van der Waals surface area contributed by atoms with Gasteiger partial charge in [0.25, 0.3) is 0 Å². The summed E-state index contributed by atoms with van der Waals surface area (Å²) >= 11 is 1.87. The minimum Gasteiger partial charge on any atom is -0.385 e. The number of rotatable bonds is 9. The van der Waals surface area contributed by atoms with E-state index in [-0.39, 0.29) is 24.0 Å². The van der Waals surface area contributed by atoms with E-state index >= 15 is 0 Å². The van der Waals surface area contributed by atoms with Crippen LogP contribution in [0.2, 0.25) is 0 Å². The second-order valence-corrected chi connectivity index (χ2v) is 9.56. The van der Waals surface area contributed by atoms with Crippen LogP contribution < -0.4 is 5.32 Å². The zero-order valence-corrected chi connectivity index (χ0v) is 22.6. The molecule has 31 heavy (non-hydrogen) atoms. The van der Waals surface area contributed by atoms with Gasteiger partial charge < -0.3 is 19.7 Å². The van der Waals surface area contributed by atoms with E-state index in [1.54, 1.807) is 7.11 Å². The third-order valence-electron chi connectivity index (χ3n) is 6.38. The lowest BCUT2D eigenvalue weighted by Crippen LogP contribution is -2.49. The molecule has 1 aromatic heterocycles. The van der Waals surface area contributed by atoms with Gasteiger partial charge in [0.2, 0.25) is 0 Å². The Kier molecular flexibility index (Phi) is 12.7. The van der Waals surface area contributed by atoms with E-state index in [9.17, 15) is 0 Å². The summed E-state index contributed by atoms with van der Waals surface area (Å²) in [5.74, 6) is 1.88. The largest absolute Gasteiger partial charge is 0.385 e. The molecule has 2 saturated heterocycles. The molecule has 3 rings (SSSR count). The van der Waals surface area contributed by atoms with Gasteiger partial charge in [0.15, 0.2) is 5.96 Å². The molecule has 0 saturated carbocycles. The third-order valence-corrected chi connectivity index (χ3v) is 7.36. The smallest absolute Gasteiger partial charge is 0.193 e. The summed E-state index contributed by atoms with van der Waals surface area (Å²) < 4.78 is 11.1. The van der Waals surface area contributed by atoms with E-state index < -0.39 is 0 Å². The van der Waals surface area contributed by atoms with Crippen molar-refractivity contribution in [2.24, 2.45) is 10.9 Å². The molecule has 3 heterocycles. The predicted octanol–water partition coefficient (Wildman–Crippen LogP) is 4.23. The lowest BCUT2D eigenvalue weighted by molar-refractivity contribution is 0.00983. The number of hydrogen-bond acceptors (Lipinski definition) is 5. The minimum atomic E-state index is 0. The van der Waals surface area contributed by atoms with Crippen LogP contribution in [-0.2, 0) is 9.47 Å². The highest BCUT2D eigenvalue weighted by atomic mass is 127. The number of ether oxygens (including phenoxy) is 2. The van der Waals surface area contributed by atoms with Crippen molar-refractivity contribution in [2.75, 3.05) is 60.1 Å². The minimum absolute atomic E-state index is 0. The number of thiophene rings is 1. The summed E-state index contributed by atoms with van der Waals surface area (Å²) in [5, 5.41) is 5.89. The van der Waals surface area contributed by atoms with Crippen molar-refractivity contribution in [1.29, 1.82) is 0 Å². The van der Waals surface area contributed by atoms with Gasteiger partial charge in [-0.05, 0) is 62.6 Å². The quantitative estimate of drug-likeness (QED) is 0.211. The zero-order chi connectivity index (χ0) is 21.2. The first kappa shape index (κ1) is 26.8. The Balaban J connectivity index is 0.00000341. The van der Waals surface area contributed by atoms with Gasteiger partial charge in [-0.2, -0.15) is 0 Å². The van der Waals surface area contributed by atoms with Gasteiger partial charge in [0.05, 0.1) is 12.1 Å². The van der Waals surface area contributed by atoms with Gasteiger partial charge in [-0.25, -0.2) is 0 Å². The highest BCUT2D eigenvalue weighted by molar-refractivity contribution is 14.0. The number of methoxy groups -OCH3 is 1. The van der Waals surface area contributed by atoms with E-state index in [0.29, 0.717) is 12.1 Å². The second-order valence-electron chi connectivity index (χ2n) is 8.58. The monoisotopic (exact) mass is 564 g/mol. The van der Waals surface area contributed by atoms with Crippen molar-refractivity contribution in [3.05, 3.63) is 22.4 Å². The van der Waals surface area contributed by atoms with Gasteiger partial charge in [-0.3, -0.25) is 9.89 Å². The Hall–Kier alpha value is -0.420. The van der Waals surface area contributed by atoms with Gasteiger partial charge in [-0.1, -0.05) is 13.0 Å². The van der Waals surface area contributed by atoms with E-state index in [1.807, 2.05) is 18.4 Å². The normalized spacial score (nSPS) is 20.5. The maximum atomic E-state index is 6.01. The number of halogens is 1. The molecule has 1 atom stereocenters. The van der Waals surface area contributed by atoms with Crippen LogP contribution in [0.15, 0.2) is 22.5 Å².